The van der Waals surface area contributed by atoms with Crippen LogP contribution in [0, 0.1) is 5.92 Å². The Balaban J connectivity index is 1.82. The zero-order valence-corrected chi connectivity index (χ0v) is 13.7. The Morgan fingerprint density at radius 1 is 1.30 bits per heavy atom. The minimum absolute atomic E-state index is 0.0401. The summed E-state index contributed by atoms with van der Waals surface area (Å²) in [5.74, 6) is -0.218. The molecule has 1 atom stereocenters. The molecule has 3 rings (SSSR count). The number of rotatable bonds is 6. The molecular formula is C18H24N2O3. The number of aliphatic carboxylic acids is 1. The molecule has 2 amide bonds. The van der Waals surface area contributed by atoms with E-state index in [-0.39, 0.29) is 24.4 Å². The van der Waals surface area contributed by atoms with Gasteiger partial charge in [0.1, 0.15) is 0 Å². The van der Waals surface area contributed by atoms with Crippen LogP contribution in [0.3, 0.4) is 0 Å². The van der Waals surface area contributed by atoms with Crippen LogP contribution >= 0.6 is 0 Å². The Kier molecular flexibility index (Phi) is 4.28. The van der Waals surface area contributed by atoms with Gasteiger partial charge in [0.2, 0.25) is 0 Å². The maximum absolute atomic E-state index is 12.5. The molecule has 1 unspecified atom stereocenters. The molecule has 1 aliphatic heterocycles. The zero-order chi connectivity index (χ0) is 16.6. The van der Waals surface area contributed by atoms with Crippen LogP contribution in [0.5, 0.6) is 0 Å². The third-order valence-electron chi connectivity index (χ3n) is 4.86. The summed E-state index contributed by atoms with van der Waals surface area (Å²) in [4.78, 5) is 27.3. The summed E-state index contributed by atoms with van der Waals surface area (Å²) in [6.07, 6.45) is 2.37. The lowest BCUT2D eigenvalue weighted by Gasteiger charge is -2.23. The number of urea groups is 1. The molecule has 124 valence electrons. The van der Waals surface area contributed by atoms with Gasteiger partial charge in [-0.2, -0.15) is 0 Å². The van der Waals surface area contributed by atoms with Crippen LogP contribution in [0.15, 0.2) is 24.3 Å². The number of anilines is 1. The molecule has 2 fully saturated rings. The number of benzene rings is 1. The molecule has 2 aliphatic rings. The van der Waals surface area contributed by atoms with Crippen molar-refractivity contribution in [3.05, 3.63) is 29.8 Å². The van der Waals surface area contributed by atoms with Gasteiger partial charge in [0.15, 0.2) is 0 Å². The molecule has 1 aromatic carbocycles. The van der Waals surface area contributed by atoms with Crippen molar-refractivity contribution >= 4 is 17.7 Å². The first-order valence-corrected chi connectivity index (χ1v) is 8.37. The van der Waals surface area contributed by atoms with Gasteiger partial charge in [0.25, 0.3) is 0 Å². The predicted molar refractivity (Wildman–Crippen MR) is 88.7 cm³/mol. The van der Waals surface area contributed by atoms with Crippen molar-refractivity contribution in [1.29, 1.82) is 0 Å². The number of carbonyl (C=O) groups is 2. The topological polar surface area (TPSA) is 60.9 Å². The average molecular weight is 316 g/mol. The van der Waals surface area contributed by atoms with E-state index in [1.807, 2.05) is 43.0 Å². The number of amides is 2. The zero-order valence-electron chi connectivity index (χ0n) is 13.7. The fourth-order valence-corrected chi connectivity index (χ4v) is 3.44. The second-order valence-corrected chi connectivity index (χ2v) is 6.86. The van der Waals surface area contributed by atoms with Crippen molar-refractivity contribution < 1.29 is 14.7 Å². The molecule has 1 aliphatic carbocycles. The number of hydrogen-bond acceptors (Lipinski definition) is 2. The fraction of sp³-hybridized carbons (Fsp3) is 0.556. The van der Waals surface area contributed by atoms with Gasteiger partial charge in [0.05, 0.1) is 6.42 Å². The first-order valence-electron chi connectivity index (χ1n) is 8.37. The molecule has 23 heavy (non-hydrogen) atoms. The minimum Gasteiger partial charge on any atom is -0.481 e. The van der Waals surface area contributed by atoms with Gasteiger partial charge in [-0.15, -0.1) is 0 Å². The van der Waals surface area contributed by atoms with Gasteiger partial charge in [-0.3, -0.25) is 9.69 Å². The SMILES string of the molecule is CC(C)N1CCN(c2cccc(C(CC(=O)O)C3CC3)c2)C1=O. The highest BCUT2D eigenvalue weighted by Crippen LogP contribution is 2.45. The number of carbonyl (C=O) groups excluding carboxylic acids is 1. The lowest BCUT2D eigenvalue weighted by atomic mass is 9.90. The van der Waals surface area contributed by atoms with E-state index in [2.05, 4.69) is 0 Å². The molecule has 1 aromatic rings. The third kappa shape index (κ3) is 3.33. The summed E-state index contributed by atoms with van der Waals surface area (Å²) in [7, 11) is 0. The smallest absolute Gasteiger partial charge is 0.324 e. The Hall–Kier alpha value is -2.04. The summed E-state index contributed by atoms with van der Waals surface area (Å²) >= 11 is 0. The number of hydrogen-bond donors (Lipinski definition) is 1. The monoisotopic (exact) mass is 316 g/mol. The number of carboxylic acids is 1. The normalized spacial score (nSPS) is 19.5. The second-order valence-electron chi connectivity index (χ2n) is 6.86. The standard InChI is InChI=1S/C18H24N2O3/c1-12(2)19-8-9-20(18(19)23)15-5-3-4-14(10-15)16(11-17(21)22)13-6-7-13/h3-5,10,12-13,16H,6-9,11H2,1-2H3,(H,21,22). The van der Waals surface area contributed by atoms with E-state index in [0.29, 0.717) is 12.5 Å². The van der Waals surface area contributed by atoms with E-state index in [9.17, 15) is 9.59 Å². The molecule has 0 bridgehead atoms. The summed E-state index contributed by atoms with van der Waals surface area (Å²) in [5, 5.41) is 9.17. The summed E-state index contributed by atoms with van der Waals surface area (Å²) in [6, 6.07) is 8.12. The van der Waals surface area contributed by atoms with Gasteiger partial charge in [-0.1, -0.05) is 12.1 Å². The maximum atomic E-state index is 12.5. The second kappa shape index (κ2) is 6.22. The van der Waals surface area contributed by atoms with Crippen molar-refractivity contribution in [2.75, 3.05) is 18.0 Å². The maximum Gasteiger partial charge on any atom is 0.324 e. The van der Waals surface area contributed by atoms with Crippen molar-refractivity contribution in [3.63, 3.8) is 0 Å². The molecule has 0 spiro atoms. The van der Waals surface area contributed by atoms with E-state index in [0.717, 1.165) is 30.6 Å². The van der Waals surface area contributed by atoms with Crippen LogP contribution in [-0.2, 0) is 4.79 Å². The first-order chi connectivity index (χ1) is 11.0. The van der Waals surface area contributed by atoms with Crippen molar-refractivity contribution in [2.45, 2.75) is 45.1 Å². The lowest BCUT2D eigenvalue weighted by molar-refractivity contribution is -0.137. The summed E-state index contributed by atoms with van der Waals surface area (Å²) in [5.41, 5.74) is 1.93. The van der Waals surface area contributed by atoms with Crippen LogP contribution in [0.4, 0.5) is 10.5 Å². The summed E-state index contributed by atoms with van der Waals surface area (Å²) < 4.78 is 0. The number of nitrogens with zero attached hydrogens (tertiary/aromatic N) is 2. The Morgan fingerprint density at radius 2 is 2.04 bits per heavy atom. The van der Waals surface area contributed by atoms with E-state index in [4.69, 9.17) is 5.11 Å². The average Bonchev–Trinajstić information content (AvgIpc) is 3.26. The summed E-state index contributed by atoms with van der Waals surface area (Å²) in [6.45, 7) is 5.47. The van der Waals surface area contributed by atoms with Gasteiger partial charge in [-0.05, 0) is 56.2 Å². The molecule has 5 heteroatoms. The fourth-order valence-electron chi connectivity index (χ4n) is 3.44. The quantitative estimate of drug-likeness (QED) is 0.876. The van der Waals surface area contributed by atoms with Crippen LogP contribution in [0.1, 0.15) is 44.6 Å². The van der Waals surface area contributed by atoms with E-state index >= 15 is 0 Å². The molecule has 1 saturated heterocycles. The Labute approximate surface area is 136 Å². The van der Waals surface area contributed by atoms with Crippen molar-refractivity contribution in [2.24, 2.45) is 5.92 Å². The Bertz CT molecular complexity index is 610. The highest BCUT2D eigenvalue weighted by molar-refractivity contribution is 5.94. The highest BCUT2D eigenvalue weighted by Gasteiger charge is 2.35. The van der Waals surface area contributed by atoms with Crippen LogP contribution in [0.2, 0.25) is 0 Å². The van der Waals surface area contributed by atoms with Crippen LogP contribution in [0.25, 0.3) is 0 Å². The van der Waals surface area contributed by atoms with E-state index in [1.54, 1.807) is 4.90 Å². The Morgan fingerprint density at radius 3 is 2.61 bits per heavy atom. The predicted octanol–water partition coefficient (Wildman–Crippen LogP) is 3.31. The molecule has 1 heterocycles. The minimum atomic E-state index is -0.754. The van der Waals surface area contributed by atoms with Crippen molar-refractivity contribution in [3.8, 4) is 0 Å². The lowest BCUT2D eigenvalue weighted by Crippen LogP contribution is -2.36. The molecule has 0 radical (unpaired) electrons. The van der Waals surface area contributed by atoms with Crippen LogP contribution < -0.4 is 4.90 Å². The van der Waals surface area contributed by atoms with Gasteiger partial charge < -0.3 is 10.0 Å². The third-order valence-corrected chi connectivity index (χ3v) is 4.86. The van der Waals surface area contributed by atoms with Gasteiger partial charge in [0, 0.05) is 24.8 Å². The van der Waals surface area contributed by atoms with Gasteiger partial charge >= 0.3 is 12.0 Å². The first kappa shape index (κ1) is 15.8. The molecule has 0 aromatic heterocycles. The van der Waals surface area contributed by atoms with E-state index in [1.165, 1.54) is 0 Å². The van der Waals surface area contributed by atoms with E-state index < -0.39 is 5.97 Å². The largest absolute Gasteiger partial charge is 0.481 e. The highest BCUT2D eigenvalue weighted by atomic mass is 16.4. The number of carboxylic acid groups (broad SMARTS) is 1. The molecule has 5 nitrogen and oxygen atoms in total. The molecule has 1 saturated carbocycles. The molecular weight excluding hydrogens is 292 g/mol. The van der Waals surface area contributed by atoms with Gasteiger partial charge in [-0.25, -0.2) is 4.79 Å². The van der Waals surface area contributed by atoms with Crippen molar-refractivity contribution in [1.82, 2.24) is 4.90 Å². The van der Waals surface area contributed by atoms with Crippen LogP contribution in [-0.4, -0.2) is 41.1 Å². The molecule has 1 N–H and O–H groups in total.